The van der Waals surface area contributed by atoms with Gasteiger partial charge in [0.15, 0.2) is 5.82 Å². The molecule has 2 aromatic rings. The van der Waals surface area contributed by atoms with Crippen LogP contribution in [0.3, 0.4) is 0 Å². The molecule has 1 saturated heterocycles. The maximum atomic E-state index is 12.3. The van der Waals surface area contributed by atoms with E-state index in [4.69, 9.17) is 14.8 Å². The van der Waals surface area contributed by atoms with E-state index in [0.717, 1.165) is 32.2 Å². The van der Waals surface area contributed by atoms with E-state index in [0.29, 0.717) is 29.6 Å². The number of amides is 1. The predicted octanol–water partition coefficient (Wildman–Crippen LogP) is 0.549. The van der Waals surface area contributed by atoms with Gasteiger partial charge in [-0.05, 0) is 49.8 Å². The third-order valence-corrected chi connectivity index (χ3v) is 5.48. The number of nitrogens with zero attached hydrogens (tertiary/aromatic N) is 4. The first-order chi connectivity index (χ1) is 13.5. The summed E-state index contributed by atoms with van der Waals surface area (Å²) < 4.78 is 5.74. The van der Waals surface area contributed by atoms with Gasteiger partial charge in [-0.1, -0.05) is 6.07 Å². The Hall–Kier alpha value is -2.72. The van der Waals surface area contributed by atoms with Gasteiger partial charge < -0.3 is 20.1 Å². The van der Waals surface area contributed by atoms with Crippen LogP contribution in [0.1, 0.15) is 25.7 Å². The largest absolute Gasteiger partial charge is 0.490 e. The van der Waals surface area contributed by atoms with Crippen LogP contribution in [0.4, 0.5) is 16.4 Å². The molecule has 0 unspecified atom stereocenters. The van der Waals surface area contributed by atoms with Crippen LogP contribution in [0.5, 0.6) is 0 Å². The number of rotatable bonds is 5. The lowest BCUT2D eigenvalue weighted by molar-refractivity contribution is 0.0148. The van der Waals surface area contributed by atoms with Crippen molar-refractivity contribution >= 4 is 30.3 Å². The number of aromatic nitrogens is 3. The minimum absolute atomic E-state index is 0.354. The molecule has 4 rings (SSSR count). The van der Waals surface area contributed by atoms with Gasteiger partial charge in [0.2, 0.25) is 0 Å². The Morgan fingerprint density at radius 2 is 2.11 bits per heavy atom. The molecule has 0 bridgehead atoms. The lowest BCUT2D eigenvalue weighted by Crippen LogP contribution is -2.39. The average Bonchev–Trinajstić information content (AvgIpc) is 3.04. The molecule has 3 heterocycles. The lowest BCUT2D eigenvalue weighted by atomic mass is 9.78. The first kappa shape index (κ1) is 18.6. The molecular weight excluding hydrogens is 361 g/mol. The Labute approximate surface area is 162 Å². The zero-order chi connectivity index (χ0) is 19.6. The van der Waals surface area contributed by atoms with Crippen molar-refractivity contribution < 1.29 is 19.6 Å². The van der Waals surface area contributed by atoms with E-state index in [-0.39, 0.29) is 6.09 Å². The maximum absolute atomic E-state index is 12.3. The van der Waals surface area contributed by atoms with Crippen LogP contribution in [-0.4, -0.2) is 57.1 Å². The molecule has 0 atom stereocenters. The molecule has 9 nitrogen and oxygen atoms in total. The van der Waals surface area contributed by atoms with Gasteiger partial charge in [-0.3, -0.25) is 4.90 Å². The van der Waals surface area contributed by atoms with Gasteiger partial charge in [0.05, 0.1) is 6.54 Å². The van der Waals surface area contributed by atoms with E-state index < -0.39 is 12.7 Å². The Morgan fingerprint density at radius 3 is 2.75 bits per heavy atom. The van der Waals surface area contributed by atoms with Gasteiger partial charge in [0.1, 0.15) is 11.4 Å². The van der Waals surface area contributed by atoms with Gasteiger partial charge in [-0.15, -0.1) is 5.10 Å². The zero-order valence-electron chi connectivity index (χ0n) is 15.4. The molecule has 2 aromatic heterocycles. The second-order valence-electron chi connectivity index (χ2n) is 7.39. The molecule has 0 aromatic carbocycles. The number of ether oxygens (including phenoxy) is 1. The van der Waals surface area contributed by atoms with Crippen LogP contribution in [0, 0.1) is 5.92 Å². The molecule has 10 heteroatoms. The summed E-state index contributed by atoms with van der Waals surface area (Å²) in [6.07, 6.45) is 6.18. The topological polar surface area (TPSA) is 121 Å². The summed E-state index contributed by atoms with van der Waals surface area (Å²) >= 11 is 0. The maximum Gasteiger partial charge on any atom is 0.490 e. The summed E-state index contributed by atoms with van der Waals surface area (Å²) in [6, 6.07) is 6.88. The van der Waals surface area contributed by atoms with Crippen molar-refractivity contribution in [3.8, 4) is 0 Å². The number of carbonyl (C=O) groups excluding carboxylic acids is 1. The fourth-order valence-electron chi connectivity index (χ4n) is 3.82. The quantitative estimate of drug-likeness (QED) is 0.641. The minimum Gasteiger partial charge on any atom is -0.441 e. The van der Waals surface area contributed by atoms with Crippen molar-refractivity contribution in [1.82, 2.24) is 15.2 Å². The summed E-state index contributed by atoms with van der Waals surface area (Å²) in [7, 11) is -1.51. The average molecular weight is 383 g/mol. The molecule has 1 amide bonds. The predicted molar refractivity (Wildman–Crippen MR) is 103 cm³/mol. The Bertz CT molecular complexity index is 812. The summed E-state index contributed by atoms with van der Waals surface area (Å²) in [5, 5.41) is 29.4. The number of nitrogens with one attached hydrogen (secondary N) is 1. The molecule has 1 saturated carbocycles. The molecule has 1 aliphatic carbocycles. The first-order valence-electron chi connectivity index (χ1n) is 9.39. The highest BCUT2D eigenvalue weighted by Crippen LogP contribution is 2.40. The van der Waals surface area contributed by atoms with E-state index in [9.17, 15) is 4.79 Å². The van der Waals surface area contributed by atoms with Gasteiger partial charge in [-0.2, -0.15) is 5.10 Å². The fraction of sp³-hybridized carbons (Fsp3) is 0.444. The molecule has 2 aliphatic rings. The normalized spacial score (nSPS) is 24.3. The number of hydrogen-bond donors (Lipinski definition) is 3. The molecule has 3 N–H and O–H groups in total. The van der Waals surface area contributed by atoms with Crippen molar-refractivity contribution in [3.05, 3.63) is 36.7 Å². The zero-order valence-corrected chi connectivity index (χ0v) is 15.4. The molecule has 1 aliphatic heterocycles. The SMILES string of the molecule is O=C1OC2(CCC(CNc3ccc(B(O)O)cn3)CC2)CN1c1cccnn1. The van der Waals surface area contributed by atoms with Gasteiger partial charge in [-0.25, -0.2) is 9.78 Å². The number of hydrogen-bond acceptors (Lipinski definition) is 8. The van der Waals surface area contributed by atoms with E-state index in [2.05, 4.69) is 20.5 Å². The smallest absolute Gasteiger partial charge is 0.441 e. The van der Waals surface area contributed by atoms with Crippen molar-refractivity contribution in [3.63, 3.8) is 0 Å². The summed E-state index contributed by atoms with van der Waals surface area (Å²) in [5.41, 5.74) is -0.0803. The Balaban J connectivity index is 1.29. The van der Waals surface area contributed by atoms with E-state index in [1.54, 1.807) is 35.4 Å². The van der Waals surface area contributed by atoms with Crippen LogP contribution < -0.4 is 15.7 Å². The lowest BCUT2D eigenvalue weighted by Gasteiger charge is -2.35. The first-order valence-corrected chi connectivity index (χ1v) is 9.39. The Kier molecular flexibility index (Phi) is 5.14. The summed E-state index contributed by atoms with van der Waals surface area (Å²) in [4.78, 5) is 18.0. The summed E-state index contributed by atoms with van der Waals surface area (Å²) in [6.45, 7) is 1.28. The van der Waals surface area contributed by atoms with Crippen LogP contribution >= 0.6 is 0 Å². The van der Waals surface area contributed by atoms with Gasteiger partial charge in [0, 0.05) is 24.4 Å². The van der Waals surface area contributed by atoms with Crippen LogP contribution in [0.15, 0.2) is 36.7 Å². The van der Waals surface area contributed by atoms with Crippen LogP contribution in [-0.2, 0) is 4.74 Å². The molecule has 0 radical (unpaired) electrons. The van der Waals surface area contributed by atoms with Crippen molar-refractivity contribution in [2.75, 3.05) is 23.3 Å². The van der Waals surface area contributed by atoms with Gasteiger partial charge in [0.25, 0.3) is 0 Å². The number of carbonyl (C=O) groups is 1. The highest BCUT2D eigenvalue weighted by molar-refractivity contribution is 6.58. The molecular formula is C18H22BN5O4. The van der Waals surface area contributed by atoms with E-state index in [1.165, 1.54) is 6.20 Å². The molecule has 146 valence electrons. The van der Waals surface area contributed by atoms with Crippen molar-refractivity contribution in [2.24, 2.45) is 5.92 Å². The highest BCUT2D eigenvalue weighted by Gasteiger charge is 2.48. The Morgan fingerprint density at radius 1 is 1.29 bits per heavy atom. The summed E-state index contributed by atoms with van der Waals surface area (Å²) in [5.74, 6) is 1.68. The van der Waals surface area contributed by atoms with E-state index in [1.807, 2.05) is 0 Å². The monoisotopic (exact) mass is 383 g/mol. The van der Waals surface area contributed by atoms with Crippen molar-refractivity contribution in [2.45, 2.75) is 31.3 Å². The third-order valence-electron chi connectivity index (χ3n) is 5.48. The second-order valence-corrected chi connectivity index (χ2v) is 7.39. The molecule has 2 fully saturated rings. The van der Waals surface area contributed by atoms with Crippen LogP contribution in [0.2, 0.25) is 0 Å². The highest BCUT2D eigenvalue weighted by atomic mass is 16.6. The molecule has 28 heavy (non-hydrogen) atoms. The van der Waals surface area contributed by atoms with Crippen molar-refractivity contribution in [1.29, 1.82) is 0 Å². The minimum atomic E-state index is -1.51. The van der Waals surface area contributed by atoms with E-state index >= 15 is 0 Å². The molecule has 1 spiro atoms. The standard InChI is InChI=1S/C18H22BN5O4/c25-17-24(16-2-1-9-22-23-16)12-18(28-17)7-5-13(6-8-18)10-20-15-4-3-14(11-21-15)19(26)27/h1-4,9,11,13,26-27H,5-8,10,12H2,(H,20,21). The third kappa shape index (κ3) is 3.92. The second kappa shape index (κ2) is 7.73. The fourth-order valence-corrected chi connectivity index (χ4v) is 3.82. The van der Waals surface area contributed by atoms with Crippen LogP contribution in [0.25, 0.3) is 0 Å². The van der Waals surface area contributed by atoms with Gasteiger partial charge >= 0.3 is 13.2 Å². The number of pyridine rings is 1. The number of anilines is 2.